The van der Waals surface area contributed by atoms with Crippen molar-refractivity contribution in [3.05, 3.63) is 42.0 Å². The van der Waals surface area contributed by atoms with E-state index in [0.29, 0.717) is 23.3 Å². The second-order valence-corrected chi connectivity index (χ2v) is 4.48. The highest BCUT2D eigenvalue weighted by molar-refractivity contribution is 5.91. The first-order valence-corrected chi connectivity index (χ1v) is 6.45. The van der Waals surface area contributed by atoms with E-state index in [1.165, 1.54) is 26.4 Å². The van der Waals surface area contributed by atoms with Crippen molar-refractivity contribution in [2.24, 2.45) is 0 Å². The van der Waals surface area contributed by atoms with Gasteiger partial charge in [-0.25, -0.2) is 0 Å². The number of carbonyl (C=O) groups is 1. The molecule has 0 bridgehead atoms. The average Bonchev–Trinajstić information content (AvgIpc) is 2.52. The van der Waals surface area contributed by atoms with Gasteiger partial charge in [0, 0.05) is 6.07 Å². The van der Waals surface area contributed by atoms with Crippen LogP contribution in [0.25, 0.3) is 11.1 Å². The van der Waals surface area contributed by atoms with Crippen molar-refractivity contribution >= 4 is 6.29 Å². The fraction of sp³-hybridized carbons (Fsp3) is 0.188. The lowest BCUT2D eigenvalue weighted by Crippen LogP contribution is -2.18. The van der Waals surface area contributed by atoms with Gasteiger partial charge in [-0.3, -0.25) is 4.79 Å². The van der Waals surface area contributed by atoms with Gasteiger partial charge in [0.05, 0.1) is 19.8 Å². The molecule has 122 valence electrons. The average molecular weight is 326 g/mol. The third-order valence-electron chi connectivity index (χ3n) is 3.07. The maximum atomic E-state index is 12.5. The van der Waals surface area contributed by atoms with E-state index in [-0.39, 0.29) is 11.1 Å². The Hall–Kier alpha value is -2.70. The van der Waals surface area contributed by atoms with Crippen LogP contribution in [-0.4, -0.2) is 26.9 Å². The SMILES string of the molecule is COc1cc(OC)cc(-c2cccc(OC(F)(F)F)c2C=O)c1. The Bertz CT molecular complexity index is 689. The summed E-state index contributed by atoms with van der Waals surface area (Å²) < 4.78 is 51.5. The van der Waals surface area contributed by atoms with Crippen LogP contribution in [-0.2, 0) is 0 Å². The Morgan fingerprint density at radius 1 is 1.00 bits per heavy atom. The van der Waals surface area contributed by atoms with E-state index in [1.54, 1.807) is 18.2 Å². The van der Waals surface area contributed by atoms with Crippen LogP contribution in [0.4, 0.5) is 13.2 Å². The molecule has 0 radical (unpaired) electrons. The number of hydrogen-bond donors (Lipinski definition) is 0. The van der Waals surface area contributed by atoms with Crippen LogP contribution in [0.1, 0.15) is 10.4 Å². The Kier molecular flexibility index (Phi) is 4.78. The summed E-state index contributed by atoms with van der Waals surface area (Å²) in [6, 6.07) is 8.75. The van der Waals surface area contributed by atoms with Crippen molar-refractivity contribution in [3.8, 4) is 28.4 Å². The quantitative estimate of drug-likeness (QED) is 0.777. The van der Waals surface area contributed by atoms with E-state index in [1.807, 2.05) is 0 Å². The molecule has 2 rings (SSSR count). The standard InChI is InChI=1S/C16H13F3O4/c1-21-11-6-10(7-12(8-11)22-2)13-4-3-5-15(14(13)9-20)23-16(17,18)19/h3-9H,1-2H3. The van der Waals surface area contributed by atoms with Crippen molar-refractivity contribution < 1.29 is 32.2 Å². The fourth-order valence-electron chi connectivity index (χ4n) is 2.09. The number of benzene rings is 2. The van der Waals surface area contributed by atoms with Crippen LogP contribution in [0, 0.1) is 0 Å². The van der Waals surface area contributed by atoms with E-state index >= 15 is 0 Å². The molecule has 0 aliphatic heterocycles. The number of ether oxygens (including phenoxy) is 3. The lowest BCUT2D eigenvalue weighted by Gasteiger charge is -2.14. The van der Waals surface area contributed by atoms with Gasteiger partial charge in [0.1, 0.15) is 17.2 Å². The van der Waals surface area contributed by atoms with Gasteiger partial charge in [0.15, 0.2) is 6.29 Å². The molecular weight excluding hydrogens is 313 g/mol. The highest BCUT2D eigenvalue weighted by atomic mass is 19.4. The third kappa shape index (κ3) is 3.94. The van der Waals surface area contributed by atoms with Gasteiger partial charge in [-0.15, -0.1) is 13.2 Å². The number of rotatable bonds is 5. The summed E-state index contributed by atoms with van der Waals surface area (Å²) >= 11 is 0. The Labute approximate surface area is 130 Å². The molecule has 0 aliphatic carbocycles. The van der Waals surface area contributed by atoms with Crippen molar-refractivity contribution in [1.29, 1.82) is 0 Å². The molecule has 23 heavy (non-hydrogen) atoms. The molecule has 2 aromatic rings. The molecule has 0 saturated heterocycles. The van der Waals surface area contributed by atoms with Crippen LogP contribution in [0.2, 0.25) is 0 Å². The van der Waals surface area contributed by atoms with Crippen molar-refractivity contribution in [1.82, 2.24) is 0 Å². The van der Waals surface area contributed by atoms with Gasteiger partial charge < -0.3 is 14.2 Å². The van der Waals surface area contributed by atoms with Gasteiger partial charge in [-0.1, -0.05) is 12.1 Å². The molecular formula is C16H13F3O4. The monoisotopic (exact) mass is 326 g/mol. The van der Waals surface area contributed by atoms with Crippen molar-refractivity contribution in [2.45, 2.75) is 6.36 Å². The minimum atomic E-state index is -4.89. The number of aldehydes is 1. The molecule has 0 heterocycles. The summed E-state index contributed by atoms with van der Waals surface area (Å²) in [7, 11) is 2.89. The highest BCUT2D eigenvalue weighted by Gasteiger charge is 2.32. The summed E-state index contributed by atoms with van der Waals surface area (Å²) in [5.74, 6) is 0.323. The Morgan fingerprint density at radius 2 is 1.61 bits per heavy atom. The summed E-state index contributed by atoms with van der Waals surface area (Å²) in [6.07, 6.45) is -4.56. The minimum Gasteiger partial charge on any atom is -0.497 e. The predicted molar refractivity (Wildman–Crippen MR) is 77.1 cm³/mol. The lowest BCUT2D eigenvalue weighted by atomic mass is 9.99. The molecule has 7 heteroatoms. The molecule has 0 N–H and O–H groups in total. The topological polar surface area (TPSA) is 44.8 Å². The zero-order chi connectivity index (χ0) is 17.0. The van der Waals surface area contributed by atoms with Gasteiger partial charge >= 0.3 is 6.36 Å². The molecule has 0 aliphatic rings. The van der Waals surface area contributed by atoms with E-state index in [9.17, 15) is 18.0 Å². The number of alkyl halides is 3. The molecule has 0 aromatic heterocycles. The maximum Gasteiger partial charge on any atom is 0.573 e. The minimum absolute atomic E-state index is 0.208. The van der Waals surface area contributed by atoms with E-state index < -0.39 is 12.1 Å². The van der Waals surface area contributed by atoms with Gasteiger partial charge in [-0.2, -0.15) is 0 Å². The molecule has 0 saturated carbocycles. The second kappa shape index (κ2) is 6.60. The first-order valence-electron chi connectivity index (χ1n) is 6.45. The van der Waals surface area contributed by atoms with Gasteiger partial charge in [0.25, 0.3) is 0 Å². The number of hydrogen-bond acceptors (Lipinski definition) is 4. The molecule has 0 atom stereocenters. The largest absolute Gasteiger partial charge is 0.573 e. The normalized spacial score (nSPS) is 11.0. The second-order valence-electron chi connectivity index (χ2n) is 4.48. The molecule has 0 spiro atoms. The first kappa shape index (κ1) is 16.7. The van der Waals surface area contributed by atoms with Crippen molar-refractivity contribution in [2.75, 3.05) is 14.2 Å². The lowest BCUT2D eigenvalue weighted by molar-refractivity contribution is -0.274. The summed E-state index contributed by atoms with van der Waals surface area (Å²) in [5.41, 5.74) is 0.537. The van der Waals surface area contributed by atoms with Crippen molar-refractivity contribution in [3.63, 3.8) is 0 Å². The highest BCUT2D eigenvalue weighted by Crippen LogP contribution is 2.36. The van der Waals surface area contributed by atoms with E-state index in [4.69, 9.17) is 9.47 Å². The number of methoxy groups -OCH3 is 2. The van der Waals surface area contributed by atoms with Crippen LogP contribution in [0.5, 0.6) is 17.2 Å². The number of carbonyl (C=O) groups excluding carboxylic acids is 1. The smallest absolute Gasteiger partial charge is 0.497 e. The molecule has 0 unspecified atom stereocenters. The summed E-state index contributed by atoms with van der Waals surface area (Å²) in [4.78, 5) is 11.3. The van der Waals surface area contributed by atoms with Crippen LogP contribution in [0.3, 0.4) is 0 Å². The zero-order valence-corrected chi connectivity index (χ0v) is 12.3. The number of halogens is 3. The molecule has 2 aromatic carbocycles. The first-order chi connectivity index (χ1) is 10.9. The fourth-order valence-corrected chi connectivity index (χ4v) is 2.09. The molecule has 0 fully saturated rings. The summed E-state index contributed by atoms with van der Waals surface area (Å²) in [6.45, 7) is 0. The van der Waals surface area contributed by atoms with Gasteiger partial charge in [0.2, 0.25) is 0 Å². The Morgan fingerprint density at radius 3 is 2.09 bits per heavy atom. The summed E-state index contributed by atoms with van der Waals surface area (Å²) in [5, 5.41) is 0. The zero-order valence-electron chi connectivity index (χ0n) is 12.3. The third-order valence-corrected chi connectivity index (χ3v) is 3.07. The Balaban J connectivity index is 2.59. The van der Waals surface area contributed by atoms with Gasteiger partial charge in [-0.05, 0) is 29.3 Å². The van der Waals surface area contributed by atoms with E-state index in [0.717, 1.165) is 6.07 Å². The molecule has 4 nitrogen and oxygen atoms in total. The van der Waals surface area contributed by atoms with Crippen LogP contribution >= 0.6 is 0 Å². The predicted octanol–water partition coefficient (Wildman–Crippen LogP) is 4.08. The molecule has 0 amide bonds. The maximum absolute atomic E-state index is 12.5. The van der Waals surface area contributed by atoms with Crippen LogP contribution in [0.15, 0.2) is 36.4 Å². The van der Waals surface area contributed by atoms with Crippen LogP contribution < -0.4 is 14.2 Å². The van der Waals surface area contributed by atoms with E-state index in [2.05, 4.69) is 4.74 Å².